The zero-order valence-corrected chi connectivity index (χ0v) is 12.1. The zero-order valence-electron chi connectivity index (χ0n) is 12.1. The van der Waals surface area contributed by atoms with Gasteiger partial charge in [-0.25, -0.2) is 4.98 Å². The molecule has 2 aromatic rings. The van der Waals surface area contributed by atoms with Crippen molar-refractivity contribution in [3.63, 3.8) is 0 Å². The van der Waals surface area contributed by atoms with Crippen LogP contribution in [0.5, 0.6) is 0 Å². The summed E-state index contributed by atoms with van der Waals surface area (Å²) in [5, 5.41) is 9.80. The molecule has 1 aromatic carbocycles. The van der Waals surface area contributed by atoms with E-state index in [4.69, 9.17) is 0 Å². The van der Waals surface area contributed by atoms with Crippen LogP contribution < -0.4 is 5.32 Å². The molecule has 0 saturated heterocycles. The first-order valence-electron chi connectivity index (χ1n) is 6.78. The lowest BCUT2D eigenvalue weighted by Gasteiger charge is -2.05. The molecule has 0 bridgehead atoms. The van der Waals surface area contributed by atoms with Gasteiger partial charge in [-0.15, -0.1) is 0 Å². The maximum atomic E-state index is 11.6. The van der Waals surface area contributed by atoms with Gasteiger partial charge in [0, 0.05) is 12.5 Å². The number of carbonyl (C=O) groups excluding carboxylic acids is 1. The monoisotopic (exact) mass is 272 g/mol. The number of H-pyrrole nitrogens is 1. The van der Waals surface area contributed by atoms with Gasteiger partial charge < -0.3 is 5.32 Å². The standard InChI is InChI=1S/C15H20N4O/c1-10(2)16-15(20)9-14-17-13(18-19-14)8-12-6-4-5-11(3)7-12/h4-7,10H,8-9H2,1-3H3,(H,16,20)(H,17,18,19). The summed E-state index contributed by atoms with van der Waals surface area (Å²) >= 11 is 0. The van der Waals surface area contributed by atoms with E-state index < -0.39 is 0 Å². The van der Waals surface area contributed by atoms with E-state index in [-0.39, 0.29) is 18.4 Å². The molecule has 2 rings (SSSR count). The SMILES string of the molecule is Cc1cccc(Cc2nc(CC(=O)NC(C)C)n[nH]2)c1. The third-order valence-corrected chi connectivity index (χ3v) is 2.80. The Kier molecular flexibility index (Phi) is 4.50. The van der Waals surface area contributed by atoms with E-state index in [1.807, 2.05) is 19.9 Å². The number of hydrogen-bond donors (Lipinski definition) is 2. The number of aryl methyl sites for hydroxylation is 1. The highest BCUT2D eigenvalue weighted by molar-refractivity contribution is 5.77. The number of rotatable bonds is 5. The molecule has 1 aromatic heterocycles. The lowest BCUT2D eigenvalue weighted by Crippen LogP contribution is -2.31. The van der Waals surface area contributed by atoms with Crippen LogP contribution in [-0.4, -0.2) is 27.1 Å². The fourth-order valence-corrected chi connectivity index (χ4v) is 2.03. The Balaban J connectivity index is 1.97. The lowest BCUT2D eigenvalue weighted by atomic mass is 10.1. The van der Waals surface area contributed by atoms with Crippen molar-refractivity contribution >= 4 is 5.91 Å². The molecule has 0 fully saturated rings. The number of hydrogen-bond acceptors (Lipinski definition) is 3. The summed E-state index contributed by atoms with van der Waals surface area (Å²) < 4.78 is 0. The normalized spacial score (nSPS) is 10.8. The van der Waals surface area contributed by atoms with Crippen LogP contribution in [-0.2, 0) is 17.6 Å². The van der Waals surface area contributed by atoms with Crippen LogP contribution in [0.1, 0.15) is 36.6 Å². The molecule has 0 aliphatic heterocycles. The highest BCUT2D eigenvalue weighted by Crippen LogP contribution is 2.08. The first-order valence-corrected chi connectivity index (χ1v) is 6.78. The Morgan fingerprint density at radius 2 is 2.20 bits per heavy atom. The lowest BCUT2D eigenvalue weighted by molar-refractivity contribution is -0.121. The number of carbonyl (C=O) groups is 1. The van der Waals surface area contributed by atoms with E-state index in [0.29, 0.717) is 12.2 Å². The van der Waals surface area contributed by atoms with Gasteiger partial charge in [-0.3, -0.25) is 9.89 Å². The molecule has 0 radical (unpaired) electrons. The van der Waals surface area contributed by atoms with Crippen molar-refractivity contribution in [1.82, 2.24) is 20.5 Å². The zero-order chi connectivity index (χ0) is 14.5. The predicted molar refractivity (Wildman–Crippen MR) is 77.4 cm³/mol. The van der Waals surface area contributed by atoms with Gasteiger partial charge in [-0.1, -0.05) is 29.8 Å². The quantitative estimate of drug-likeness (QED) is 0.871. The topological polar surface area (TPSA) is 70.7 Å². The summed E-state index contributed by atoms with van der Waals surface area (Å²) in [6.45, 7) is 5.92. The van der Waals surface area contributed by atoms with Crippen LogP contribution in [0.2, 0.25) is 0 Å². The third-order valence-electron chi connectivity index (χ3n) is 2.80. The maximum absolute atomic E-state index is 11.6. The van der Waals surface area contributed by atoms with Crippen molar-refractivity contribution in [2.24, 2.45) is 0 Å². The molecular formula is C15H20N4O. The molecule has 0 unspecified atom stereocenters. The highest BCUT2D eigenvalue weighted by atomic mass is 16.1. The van der Waals surface area contributed by atoms with Gasteiger partial charge in [0.15, 0.2) is 5.82 Å². The van der Waals surface area contributed by atoms with Crippen molar-refractivity contribution in [1.29, 1.82) is 0 Å². The predicted octanol–water partition coefficient (Wildman–Crippen LogP) is 1.77. The minimum atomic E-state index is -0.0545. The van der Waals surface area contributed by atoms with Crippen molar-refractivity contribution in [3.05, 3.63) is 47.0 Å². The summed E-state index contributed by atoms with van der Waals surface area (Å²) in [5.41, 5.74) is 2.40. The molecule has 0 aliphatic rings. The molecule has 106 valence electrons. The first kappa shape index (κ1) is 14.2. The van der Waals surface area contributed by atoms with E-state index in [1.54, 1.807) is 0 Å². The maximum Gasteiger partial charge on any atom is 0.227 e. The molecule has 2 N–H and O–H groups in total. The fraction of sp³-hybridized carbons (Fsp3) is 0.400. The van der Waals surface area contributed by atoms with Crippen LogP contribution >= 0.6 is 0 Å². The molecule has 1 heterocycles. The van der Waals surface area contributed by atoms with Crippen LogP contribution in [0.25, 0.3) is 0 Å². The summed E-state index contributed by atoms with van der Waals surface area (Å²) in [7, 11) is 0. The Hall–Kier alpha value is -2.17. The summed E-state index contributed by atoms with van der Waals surface area (Å²) in [6.07, 6.45) is 0.906. The van der Waals surface area contributed by atoms with Gasteiger partial charge in [-0.05, 0) is 26.3 Å². The summed E-state index contributed by atoms with van der Waals surface area (Å²) in [5.74, 6) is 1.26. The number of nitrogens with one attached hydrogen (secondary N) is 2. The van der Waals surface area contributed by atoms with Gasteiger partial charge in [0.2, 0.25) is 5.91 Å². The minimum absolute atomic E-state index is 0.0545. The number of aromatic amines is 1. The van der Waals surface area contributed by atoms with Gasteiger partial charge >= 0.3 is 0 Å². The number of amides is 1. The van der Waals surface area contributed by atoms with E-state index in [9.17, 15) is 4.79 Å². The summed E-state index contributed by atoms with van der Waals surface area (Å²) in [4.78, 5) is 16.0. The molecule has 20 heavy (non-hydrogen) atoms. The number of nitrogens with zero attached hydrogens (tertiary/aromatic N) is 2. The van der Waals surface area contributed by atoms with Crippen molar-refractivity contribution in [3.8, 4) is 0 Å². The second-order valence-electron chi connectivity index (χ2n) is 5.26. The fourth-order valence-electron chi connectivity index (χ4n) is 2.03. The average Bonchev–Trinajstić information content (AvgIpc) is 2.75. The van der Waals surface area contributed by atoms with Gasteiger partial charge in [-0.2, -0.15) is 5.10 Å². The smallest absolute Gasteiger partial charge is 0.227 e. The Morgan fingerprint density at radius 3 is 2.90 bits per heavy atom. The van der Waals surface area contributed by atoms with Crippen LogP contribution in [0.3, 0.4) is 0 Å². The molecule has 5 heteroatoms. The molecule has 0 atom stereocenters. The van der Waals surface area contributed by atoms with Gasteiger partial charge in [0.1, 0.15) is 5.82 Å². The molecule has 5 nitrogen and oxygen atoms in total. The van der Waals surface area contributed by atoms with Gasteiger partial charge in [0.25, 0.3) is 0 Å². The van der Waals surface area contributed by atoms with Gasteiger partial charge in [0.05, 0.1) is 6.42 Å². The van der Waals surface area contributed by atoms with Crippen LogP contribution in [0.4, 0.5) is 0 Å². The second kappa shape index (κ2) is 6.32. The Labute approximate surface area is 118 Å². The third kappa shape index (κ3) is 4.19. The Bertz CT molecular complexity index is 589. The molecule has 1 amide bonds. The first-order chi connectivity index (χ1) is 9.52. The van der Waals surface area contributed by atoms with E-state index in [1.165, 1.54) is 11.1 Å². The van der Waals surface area contributed by atoms with E-state index in [2.05, 4.69) is 45.6 Å². The van der Waals surface area contributed by atoms with Crippen LogP contribution in [0.15, 0.2) is 24.3 Å². The highest BCUT2D eigenvalue weighted by Gasteiger charge is 2.10. The average molecular weight is 272 g/mol. The van der Waals surface area contributed by atoms with E-state index in [0.717, 1.165) is 5.82 Å². The number of aromatic nitrogens is 3. The van der Waals surface area contributed by atoms with E-state index >= 15 is 0 Å². The summed E-state index contributed by atoms with van der Waals surface area (Å²) in [6, 6.07) is 8.39. The molecule has 0 saturated carbocycles. The van der Waals surface area contributed by atoms with Crippen LogP contribution in [0, 0.1) is 6.92 Å². The minimum Gasteiger partial charge on any atom is -0.354 e. The molecule has 0 aliphatic carbocycles. The largest absolute Gasteiger partial charge is 0.354 e. The molecule has 0 spiro atoms. The number of benzene rings is 1. The van der Waals surface area contributed by atoms with Crippen molar-refractivity contribution in [2.45, 2.75) is 39.7 Å². The van der Waals surface area contributed by atoms with Crippen molar-refractivity contribution < 1.29 is 4.79 Å². The second-order valence-corrected chi connectivity index (χ2v) is 5.26. The molecular weight excluding hydrogens is 252 g/mol. The Morgan fingerprint density at radius 1 is 1.40 bits per heavy atom. The van der Waals surface area contributed by atoms with Crippen molar-refractivity contribution in [2.75, 3.05) is 0 Å².